The molecular weight excluding hydrogens is 488 g/mol. The minimum Gasteiger partial charge on any atom is -0.481 e. The van der Waals surface area contributed by atoms with Gasteiger partial charge in [-0.3, -0.25) is 9.59 Å². The third-order valence-corrected chi connectivity index (χ3v) is 13.1. The standard InChI is InChI=1S/C30H46O8/c1-25(2)12-17-16-6-7-19-26(3)13-18(32)22(34)28(5,23(35)36)20(26)8-9-27(19,4)29(16,15-31)10-11-30(17,24(37)38)21(33)14-25/h6,17-22,31-34H,7-15H2,1-5H3,(H,35,36)(H,37,38)/t17-,18-,19+,20+,21+,22-,26+,27+,28-,29-,30-/m0/s1. The van der Waals surface area contributed by atoms with Crippen LogP contribution < -0.4 is 0 Å². The largest absolute Gasteiger partial charge is 0.481 e. The van der Waals surface area contributed by atoms with Gasteiger partial charge in [0, 0.05) is 5.41 Å². The number of carboxylic acid groups (broad SMARTS) is 2. The molecule has 0 aromatic carbocycles. The van der Waals surface area contributed by atoms with Gasteiger partial charge in [-0.15, -0.1) is 0 Å². The molecule has 5 aliphatic carbocycles. The summed E-state index contributed by atoms with van der Waals surface area (Å²) in [6, 6.07) is 0. The minimum atomic E-state index is -1.49. The van der Waals surface area contributed by atoms with Crippen LogP contribution in [0.5, 0.6) is 0 Å². The van der Waals surface area contributed by atoms with Gasteiger partial charge in [-0.1, -0.05) is 39.3 Å². The normalized spacial score (nSPS) is 53.4. The molecule has 0 unspecified atom stereocenters. The molecular formula is C30H46O8. The molecule has 0 spiro atoms. The van der Waals surface area contributed by atoms with Crippen LogP contribution in [0.1, 0.15) is 86.0 Å². The van der Waals surface area contributed by atoms with E-state index in [0.29, 0.717) is 38.5 Å². The number of allylic oxidation sites excluding steroid dienone is 1. The molecule has 0 aromatic rings. The van der Waals surface area contributed by atoms with Crippen molar-refractivity contribution in [1.29, 1.82) is 0 Å². The maximum atomic E-state index is 12.8. The summed E-state index contributed by atoms with van der Waals surface area (Å²) in [7, 11) is 0. The van der Waals surface area contributed by atoms with Crippen molar-refractivity contribution in [2.45, 2.75) is 104 Å². The second-order valence-electron chi connectivity index (χ2n) is 15.0. The van der Waals surface area contributed by atoms with Gasteiger partial charge >= 0.3 is 11.9 Å². The lowest BCUT2D eigenvalue weighted by Crippen LogP contribution is -2.70. The van der Waals surface area contributed by atoms with Gasteiger partial charge in [0.25, 0.3) is 0 Å². The number of aliphatic hydroxyl groups is 4. The van der Waals surface area contributed by atoms with Crippen molar-refractivity contribution >= 4 is 11.9 Å². The van der Waals surface area contributed by atoms with Crippen molar-refractivity contribution in [3.05, 3.63) is 11.6 Å². The predicted molar refractivity (Wildman–Crippen MR) is 139 cm³/mol. The van der Waals surface area contributed by atoms with E-state index in [9.17, 15) is 40.2 Å². The number of carboxylic acids is 2. The zero-order chi connectivity index (χ0) is 28.3. The van der Waals surface area contributed by atoms with E-state index in [0.717, 1.165) is 5.57 Å². The van der Waals surface area contributed by atoms with Crippen LogP contribution in [-0.4, -0.2) is 67.5 Å². The molecule has 214 valence electrons. The van der Waals surface area contributed by atoms with Gasteiger partial charge in [0.15, 0.2) is 0 Å². The van der Waals surface area contributed by atoms with Gasteiger partial charge in [-0.05, 0) is 92.3 Å². The lowest BCUT2D eigenvalue weighted by molar-refractivity contribution is -0.246. The fourth-order valence-corrected chi connectivity index (χ4v) is 11.1. The van der Waals surface area contributed by atoms with E-state index in [-0.39, 0.29) is 36.7 Å². The molecule has 0 aromatic heterocycles. The molecule has 4 saturated carbocycles. The highest BCUT2D eigenvalue weighted by atomic mass is 16.4. The smallest absolute Gasteiger partial charge is 0.312 e. The number of aliphatic hydroxyl groups excluding tert-OH is 4. The Bertz CT molecular complexity index is 1070. The van der Waals surface area contributed by atoms with Crippen LogP contribution in [0.2, 0.25) is 0 Å². The molecule has 5 rings (SSSR count). The first kappa shape index (κ1) is 28.1. The molecule has 0 bridgehead atoms. The first-order valence-electron chi connectivity index (χ1n) is 14.3. The highest BCUT2D eigenvalue weighted by molar-refractivity contribution is 5.78. The highest BCUT2D eigenvalue weighted by Gasteiger charge is 2.73. The van der Waals surface area contributed by atoms with Gasteiger partial charge in [0.2, 0.25) is 0 Å². The molecule has 0 aliphatic heterocycles. The summed E-state index contributed by atoms with van der Waals surface area (Å²) in [4.78, 5) is 25.4. The summed E-state index contributed by atoms with van der Waals surface area (Å²) < 4.78 is 0. The van der Waals surface area contributed by atoms with Gasteiger partial charge in [-0.2, -0.15) is 0 Å². The van der Waals surface area contributed by atoms with E-state index in [1.807, 2.05) is 0 Å². The topological polar surface area (TPSA) is 156 Å². The third kappa shape index (κ3) is 3.12. The summed E-state index contributed by atoms with van der Waals surface area (Å²) in [5.41, 5.74) is -3.83. The van der Waals surface area contributed by atoms with E-state index >= 15 is 0 Å². The van der Waals surface area contributed by atoms with Gasteiger partial charge in [-0.25, -0.2) is 0 Å². The number of hydrogen-bond acceptors (Lipinski definition) is 6. The van der Waals surface area contributed by atoms with Crippen LogP contribution in [0.3, 0.4) is 0 Å². The summed E-state index contributed by atoms with van der Waals surface area (Å²) in [5, 5.41) is 65.1. The van der Waals surface area contributed by atoms with Crippen LogP contribution in [0.25, 0.3) is 0 Å². The SMILES string of the molecule is CC1(C)C[C@@H](O)[C@]2(C(=O)O)CC[C@]3(CO)C(=CC[C@@H]4[C@@]5(C)C[C@H](O)[C@H](O)[C@@](C)(C(=O)O)[C@@H]5CC[C@]43C)[C@@H]2C1. The van der Waals surface area contributed by atoms with Crippen LogP contribution >= 0.6 is 0 Å². The van der Waals surface area contributed by atoms with E-state index in [4.69, 9.17) is 0 Å². The molecule has 11 atom stereocenters. The number of fused-ring (bicyclic) bond motifs is 7. The number of rotatable bonds is 3. The first-order chi connectivity index (χ1) is 17.5. The molecule has 8 nitrogen and oxygen atoms in total. The molecule has 0 saturated heterocycles. The van der Waals surface area contributed by atoms with Crippen LogP contribution in [0.4, 0.5) is 0 Å². The van der Waals surface area contributed by atoms with Crippen molar-refractivity contribution in [2.24, 2.45) is 50.2 Å². The average molecular weight is 535 g/mol. The molecule has 6 N–H and O–H groups in total. The van der Waals surface area contributed by atoms with E-state index in [1.54, 1.807) is 6.92 Å². The zero-order valence-electron chi connectivity index (χ0n) is 23.4. The Labute approximate surface area is 225 Å². The summed E-state index contributed by atoms with van der Waals surface area (Å²) in [6.07, 6.45) is 2.39. The van der Waals surface area contributed by atoms with Gasteiger partial charge in [0.1, 0.15) is 5.41 Å². The summed E-state index contributed by atoms with van der Waals surface area (Å²) >= 11 is 0. The predicted octanol–water partition coefficient (Wildman–Crippen LogP) is 3.21. The van der Waals surface area contributed by atoms with Crippen molar-refractivity contribution in [3.8, 4) is 0 Å². The van der Waals surface area contributed by atoms with Gasteiger partial charge < -0.3 is 30.6 Å². The maximum absolute atomic E-state index is 12.8. The Kier molecular flexibility index (Phi) is 6.11. The zero-order valence-corrected chi connectivity index (χ0v) is 23.4. The Morgan fingerprint density at radius 3 is 2.13 bits per heavy atom. The fraction of sp³-hybridized carbons (Fsp3) is 0.867. The Balaban J connectivity index is 1.66. The molecule has 4 fully saturated rings. The lowest BCUT2D eigenvalue weighted by Gasteiger charge is -2.71. The lowest BCUT2D eigenvalue weighted by atomic mass is 9.33. The van der Waals surface area contributed by atoms with Crippen molar-refractivity contribution in [3.63, 3.8) is 0 Å². The van der Waals surface area contributed by atoms with Crippen molar-refractivity contribution < 1.29 is 40.2 Å². The van der Waals surface area contributed by atoms with E-state index < -0.39 is 63.2 Å². The quantitative estimate of drug-likeness (QED) is 0.302. The molecule has 5 aliphatic rings. The van der Waals surface area contributed by atoms with Crippen LogP contribution in [-0.2, 0) is 9.59 Å². The number of aliphatic carboxylic acids is 2. The second kappa shape index (κ2) is 8.27. The van der Waals surface area contributed by atoms with E-state index in [1.165, 1.54) is 0 Å². The van der Waals surface area contributed by atoms with Crippen LogP contribution in [0, 0.1) is 50.2 Å². The number of hydrogen-bond donors (Lipinski definition) is 6. The molecule has 8 heteroatoms. The maximum Gasteiger partial charge on any atom is 0.312 e. The summed E-state index contributed by atoms with van der Waals surface area (Å²) in [5.74, 6) is -2.89. The highest BCUT2D eigenvalue weighted by Crippen LogP contribution is 2.75. The monoisotopic (exact) mass is 534 g/mol. The third-order valence-electron chi connectivity index (χ3n) is 13.1. The first-order valence-corrected chi connectivity index (χ1v) is 14.3. The van der Waals surface area contributed by atoms with E-state index in [2.05, 4.69) is 33.8 Å². The number of carbonyl (C=O) groups is 2. The fourth-order valence-electron chi connectivity index (χ4n) is 11.1. The Hall–Kier alpha value is -1.48. The second-order valence-corrected chi connectivity index (χ2v) is 15.0. The van der Waals surface area contributed by atoms with Crippen molar-refractivity contribution in [1.82, 2.24) is 0 Å². The minimum absolute atomic E-state index is 0.0654. The van der Waals surface area contributed by atoms with Crippen molar-refractivity contribution in [2.75, 3.05) is 6.61 Å². The molecule has 0 radical (unpaired) electrons. The Morgan fingerprint density at radius 1 is 0.895 bits per heavy atom. The van der Waals surface area contributed by atoms with Gasteiger partial charge in [0.05, 0.1) is 30.3 Å². The molecule has 0 heterocycles. The molecule has 0 amide bonds. The summed E-state index contributed by atoms with van der Waals surface area (Å²) in [6.45, 7) is 9.79. The Morgan fingerprint density at radius 2 is 1.55 bits per heavy atom. The average Bonchev–Trinajstić information content (AvgIpc) is 2.81. The molecule has 38 heavy (non-hydrogen) atoms. The van der Waals surface area contributed by atoms with Crippen LogP contribution in [0.15, 0.2) is 11.6 Å².